The van der Waals surface area contributed by atoms with Crippen LogP contribution in [-0.4, -0.2) is 88.0 Å². The maximum atomic E-state index is 11.8. The molecule has 0 aromatic carbocycles. The molecule has 1 fully saturated rings. The topological polar surface area (TPSA) is 163 Å². The highest BCUT2D eigenvalue weighted by Crippen LogP contribution is 2.23. The molecule has 0 aliphatic carbocycles. The Morgan fingerprint density at radius 2 is 1.42 bits per heavy atom. The number of hydrogen-bond donors (Lipinski definition) is 5. The van der Waals surface area contributed by atoms with E-state index in [0.29, 0.717) is 0 Å². The maximum absolute atomic E-state index is 11.8. The van der Waals surface area contributed by atoms with Crippen LogP contribution in [0.4, 0.5) is 0 Å². The highest BCUT2D eigenvalue weighted by Gasteiger charge is 2.46. The standard InChI is InChI=1S/C16H24O10/c1-8(3-5-17)14(22)24-7-10-11(19)12(20)13(21)16(25-10)26-15(23)9(2)4-6-18/h10-13,16-21H,1-7H2. The van der Waals surface area contributed by atoms with Crippen LogP contribution in [0, 0.1) is 0 Å². The lowest BCUT2D eigenvalue weighted by Crippen LogP contribution is -2.59. The van der Waals surface area contributed by atoms with E-state index < -0.39 is 49.3 Å². The fraction of sp³-hybridized carbons (Fsp3) is 0.625. The number of carbonyl (C=O) groups excluding carboxylic acids is 2. The summed E-state index contributed by atoms with van der Waals surface area (Å²) in [5.74, 6) is -1.79. The van der Waals surface area contributed by atoms with Gasteiger partial charge in [0.25, 0.3) is 0 Å². The molecule has 26 heavy (non-hydrogen) atoms. The first-order valence-electron chi connectivity index (χ1n) is 7.88. The van der Waals surface area contributed by atoms with Crippen molar-refractivity contribution >= 4 is 11.9 Å². The predicted molar refractivity (Wildman–Crippen MR) is 85.4 cm³/mol. The number of esters is 2. The monoisotopic (exact) mass is 376 g/mol. The van der Waals surface area contributed by atoms with E-state index in [0.717, 1.165) is 0 Å². The molecule has 10 heteroatoms. The Balaban J connectivity index is 2.69. The average molecular weight is 376 g/mol. The molecule has 5 N–H and O–H groups in total. The Morgan fingerprint density at radius 3 is 1.96 bits per heavy atom. The van der Waals surface area contributed by atoms with Gasteiger partial charge in [-0.3, -0.25) is 0 Å². The molecule has 0 aromatic heterocycles. The lowest BCUT2D eigenvalue weighted by molar-refractivity contribution is -0.292. The number of aliphatic hydroxyl groups is 5. The Kier molecular flexibility index (Phi) is 8.85. The highest BCUT2D eigenvalue weighted by molar-refractivity contribution is 5.88. The molecule has 148 valence electrons. The van der Waals surface area contributed by atoms with Crippen molar-refractivity contribution in [3.8, 4) is 0 Å². The lowest BCUT2D eigenvalue weighted by atomic mass is 9.99. The number of hydrogen-bond acceptors (Lipinski definition) is 10. The van der Waals surface area contributed by atoms with Gasteiger partial charge in [0.05, 0.1) is 0 Å². The molecular formula is C16H24O10. The molecular weight excluding hydrogens is 352 g/mol. The minimum absolute atomic E-state index is 0.00144. The molecule has 0 bridgehead atoms. The van der Waals surface area contributed by atoms with Crippen molar-refractivity contribution in [3.63, 3.8) is 0 Å². The Bertz CT molecular complexity index is 529. The first-order valence-corrected chi connectivity index (χ1v) is 7.88. The zero-order chi connectivity index (χ0) is 19.9. The molecule has 0 aromatic rings. The van der Waals surface area contributed by atoms with Crippen LogP contribution in [0.5, 0.6) is 0 Å². The van der Waals surface area contributed by atoms with Gasteiger partial charge in [-0.2, -0.15) is 0 Å². The second-order valence-corrected chi connectivity index (χ2v) is 5.67. The van der Waals surface area contributed by atoms with E-state index in [1.807, 2.05) is 0 Å². The number of ether oxygens (including phenoxy) is 3. The maximum Gasteiger partial charge on any atom is 0.335 e. The van der Waals surface area contributed by atoms with E-state index in [4.69, 9.17) is 24.4 Å². The van der Waals surface area contributed by atoms with Gasteiger partial charge in [0, 0.05) is 37.2 Å². The van der Waals surface area contributed by atoms with E-state index in [-0.39, 0.29) is 37.2 Å². The van der Waals surface area contributed by atoms with E-state index in [1.165, 1.54) is 0 Å². The summed E-state index contributed by atoms with van der Waals surface area (Å²) < 4.78 is 15.0. The molecule has 5 unspecified atom stereocenters. The van der Waals surface area contributed by atoms with Gasteiger partial charge in [0.1, 0.15) is 31.0 Å². The quantitative estimate of drug-likeness (QED) is 0.219. The largest absolute Gasteiger partial charge is 0.459 e. The summed E-state index contributed by atoms with van der Waals surface area (Å²) in [7, 11) is 0. The van der Waals surface area contributed by atoms with Gasteiger partial charge in [-0.1, -0.05) is 13.2 Å². The molecule has 1 rings (SSSR count). The van der Waals surface area contributed by atoms with Gasteiger partial charge in [-0.25, -0.2) is 9.59 Å². The predicted octanol–water partition coefficient (Wildman–Crippen LogP) is -2.24. The second-order valence-electron chi connectivity index (χ2n) is 5.67. The third kappa shape index (κ3) is 5.87. The van der Waals surface area contributed by atoms with Gasteiger partial charge in [0.2, 0.25) is 6.29 Å². The van der Waals surface area contributed by atoms with E-state index in [2.05, 4.69) is 13.2 Å². The van der Waals surface area contributed by atoms with Gasteiger partial charge in [-0.05, 0) is 0 Å². The van der Waals surface area contributed by atoms with Gasteiger partial charge >= 0.3 is 11.9 Å². The molecule has 0 amide bonds. The number of aliphatic hydroxyl groups excluding tert-OH is 5. The Morgan fingerprint density at radius 1 is 0.885 bits per heavy atom. The molecule has 1 heterocycles. The van der Waals surface area contributed by atoms with E-state index in [9.17, 15) is 24.9 Å². The molecule has 0 saturated carbocycles. The first-order chi connectivity index (χ1) is 12.2. The molecule has 0 radical (unpaired) electrons. The fourth-order valence-corrected chi connectivity index (χ4v) is 2.07. The van der Waals surface area contributed by atoms with Crippen molar-refractivity contribution in [1.82, 2.24) is 0 Å². The average Bonchev–Trinajstić information content (AvgIpc) is 2.61. The Hall–Kier alpha value is -1.82. The second kappa shape index (κ2) is 10.4. The zero-order valence-electron chi connectivity index (χ0n) is 14.1. The first kappa shape index (κ1) is 22.2. The summed E-state index contributed by atoms with van der Waals surface area (Å²) >= 11 is 0. The van der Waals surface area contributed by atoms with Crippen LogP contribution in [0.1, 0.15) is 12.8 Å². The lowest BCUT2D eigenvalue weighted by Gasteiger charge is -2.39. The van der Waals surface area contributed by atoms with Crippen LogP contribution in [-0.2, 0) is 23.8 Å². The number of rotatable bonds is 9. The van der Waals surface area contributed by atoms with E-state index >= 15 is 0 Å². The Labute approximate surface area is 149 Å². The van der Waals surface area contributed by atoms with Crippen LogP contribution >= 0.6 is 0 Å². The van der Waals surface area contributed by atoms with Crippen molar-refractivity contribution in [3.05, 3.63) is 24.3 Å². The van der Waals surface area contributed by atoms with Crippen LogP contribution in [0.2, 0.25) is 0 Å². The van der Waals surface area contributed by atoms with Gasteiger partial charge in [-0.15, -0.1) is 0 Å². The fourth-order valence-electron chi connectivity index (χ4n) is 2.07. The van der Waals surface area contributed by atoms with E-state index in [1.54, 1.807) is 0 Å². The van der Waals surface area contributed by atoms with Crippen LogP contribution in [0.3, 0.4) is 0 Å². The molecule has 5 atom stereocenters. The third-order valence-corrected chi connectivity index (χ3v) is 3.67. The van der Waals surface area contributed by atoms with Crippen LogP contribution in [0.15, 0.2) is 24.3 Å². The molecule has 0 spiro atoms. The summed E-state index contributed by atoms with van der Waals surface area (Å²) in [4.78, 5) is 23.4. The molecule has 1 aliphatic heterocycles. The minimum atomic E-state index is -1.74. The molecule has 10 nitrogen and oxygen atoms in total. The summed E-state index contributed by atoms with van der Waals surface area (Å²) in [5.41, 5.74) is -0.0751. The summed E-state index contributed by atoms with van der Waals surface area (Å²) in [6, 6.07) is 0. The van der Waals surface area contributed by atoms with Crippen molar-refractivity contribution in [2.24, 2.45) is 0 Å². The van der Waals surface area contributed by atoms with Gasteiger partial charge < -0.3 is 39.7 Å². The number of carbonyl (C=O) groups is 2. The normalized spacial score (nSPS) is 28.3. The van der Waals surface area contributed by atoms with Crippen molar-refractivity contribution in [1.29, 1.82) is 0 Å². The van der Waals surface area contributed by atoms with Crippen molar-refractivity contribution in [2.75, 3.05) is 19.8 Å². The van der Waals surface area contributed by atoms with Crippen LogP contribution in [0.25, 0.3) is 0 Å². The minimum Gasteiger partial charge on any atom is -0.459 e. The summed E-state index contributed by atoms with van der Waals surface area (Å²) in [5, 5.41) is 47.2. The SMILES string of the molecule is C=C(CCO)C(=O)OCC1OC(OC(=O)C(=C)CCO)C(O)C(O)C1O. The molecule has 1 aliphatic rings. The van der Waals surface area contributed by atoms with Gasteiger partial charge in [0.15, 0.2) is 0 Å². The smallest absolute Gasteiger partial charge is 0.335 e. The summed E-state index contributed by atoms with van der Waals surface area (Å²) in [6.45, 7) is 5.68. The highest BCUT2D eigenvalue weighted by atomic mass is 16.7. The summed E-state index contributed by atoms with van der Waals surface area (Å²) in [6.07, 6.45) is -8.06. The molecule has 1 saturated heterocycles. The zero-order valence-corrected chi connectivity index (χ0v) is 14.1. The van der Waals surface area contributed by atoms with Crippen molar-refractivity contribution in [2.45, 2.75) is 43.5 Å². The van der Waals surface area contributed by atoms with Crippen LogP contribution < -0.4 is 0 Å². The van der Waals surface area contributed by atoms with Crippen molar-refractivity contribution < 1.29 is 49.3 Å². The third-order valence-electron chi connectivity index (χ3n) is 3.67.